The third-order valence-electron chi connectivity index (χ3n) is 2.18. The summed E-state index contributed by atoms with van der Waals surface area (Å²) in [6.45, 7) is 5.14. The Balaban J connectivity index is 3.19. The molecule has 0 bridgehead atoms. The first kappa shape index (κ1) is 11.9. The topological polar surface area (TPSA) is 18.5 Å². The number of unbranched alkanes of at least 4 members (excludes halogenated alkanes) is 2. The molecule has 0 aliphatic rings. The van der Waals surface area contributed by atoms with Gasteiger partial charge in [-0.3, -0.25) is 0 Å². The van der Waals surface area contributed by atoms with Crippen molar-refractivity contribution in [1.29, 1.82) is 0 Å². The predicted octanol–water partition coefficient (Wildman–Crippen LogP) is 2.62. The van der Waals surface area contributed by atoms with Crippen molar-refractivity contribution < 1.29 is 9.47 Å². The number of ether oxygens (including phenoxy) is 2. The van der Waals surface area contributed by atoms with E-state index in [9.17, 15) is 0 Å². The maximum Gasteiger partial charge on any atom is 0.0622 e. The molecule has 0 radical (unpaired) electrons. The Labute approximate surface area is 76.3 Å². The zero-order valence-corrected chi connectivity index (χ0v) is 8.85. The van der Waals surface area contributed by atoms with Crippen LogP contribution in [0.5, 0.6) is 0 Å². The first-order valence-electron chi connectivity index (χ1n) is 4.66. The van der Waals surface area contributed by atoms with E-state index in [1.54, 1.807) is 14.2 Å². The highest BCUT2D eigenvalue weighted by Crippen LogP contribution is 2.16. The molecule has 0 rings (SSSR count). The van der Waals surface area contributed by atoms with Gasteiger partial charge in [-0.2, -0.15) is 0 Å². The van der Waals surface area contributed by atoms with Crippen molar-refractivity contribution in [3.05, 3.63) is 0 Å². The molecule has 0 saturated heterocycles. The van der Waals surface area contributed by atoms with Gasteiger partial charge in [0.15, 0.2) is 0 Å². The largest absolute Gasteiger partial charge is 0.385 e. The fraction of sp³-hybridized carbons (Fsp3) is 1.00. The van der Waals surface area contributed by atoms with E-state index >= 15 is 0 Å². The molecule has 0 heterocycles. The fourth-order valence-electron chi connectivity index (χ4n) is 1.08. The van der Waals surface area contributed by atoms with Crippen LogP contribution in [-0.4, -0.2) is 26.4 Å². The molecule has 2 nitrogen and oxygen atoms in total. The third-order valence-corrected chi connectivity index (χ3v) is 2.18. The van der Waals surface area contributed by atoms with Gasteiger partial charge in [0.2, 0.25) is 0 Å². The summed E-state index contributed by atoms with van der Waals surface area (Å²) >= 11 is 0. The van der Waals surface area contributed by atoms with Gasteiger partial charge in [-0.05, 0) is 26.7 Å². The van der Waals surface area contributed by atoms with Gasteiger partial charge in [0, 0.05) is 20.8 Å². The predicted molar refractivity (Wildman–Crippen MR) is 51.4 cm³/mol. The Morgan fingerprint density at radius 1 is 1.00 bits per heavy atom. The second kappa shape index (κ2) is 6.44. The van der Waals surface area contributed by atoms with Crippen LogP contribution < -0.4 is 0 Å². The smallest absolute Gasteiger partial charge is 0.0622 e. The fourth-order valence-corrected chi connectivity index (χ4v) is 1.08. The van der Waals surface area contributed by atoms with Gasteiger partial charge in [-0.15, -0.1) is 0 Å². The minimum absolute atomic E-state index is 0.0487. The quantitative estimate of drug-likeness (QED) is 0.552. The van der Waals surface area contributed by atoms with Crippen LogP contribution in [0.3, 0.4) is 0 Å². The Kier molecular flexibility index (Phi) is 6.39. The van der Waals surface area contributed by atoms with Gasteiger partial charge >= 0.3 is 0 Å². The molecule has 74 valence electrons. The number of rotatable bonds is 7. The standard InChI is InChI=1S/C10H22O2/c1-10(2,12-4)8-6-5-7-9-11-3/h5-9H2,1-4H3. The molecule has 0 saturated carbocycles. The van der Waals surface area contributed by atoms with Crippen LogP contribution in [0.2, 0.25) is 0 Å². The third kappa shape index (κ3) is 6.62. The Morgan fingerprint density at radius 2 is 1.67 bits per heavy atom. The zero-order chi connectivity index (χ0) is 9.45. The molecule has 0 spiro atoms. The summed E-state index contributed by atoms with van der Waals surface area (Å²) in [6.07, 6.45) is 4.76. The van der Waals surface area contributed by atoms with Crippen molar-refractivity contribution >= 4 is 0 Å². The molecule has 0 unspecified atom stereocenters. The monoisotopic (exact) mass is 174 g/mol. The minimum Gasteiger partial charge on any atom is -0.385 e. The summed E-state index contributed by atoms with van der Waals surface area (Å²) in [5.41, 5.74) is 0.0487. The van der Waals surface area contributed by atoms with Crippen LogP contribution in [-0.2, 0) is 9.47 Å². The lowest BCUT2D eigenvalue weighted by molar-refractivity contribution is 0.0130. The van der Waals surface area contributed by atoms with Crippen LogP contribution in [0.25, 0.3) is 0 Å². The summed E-state index contributed by atoms with van der Waals surface area (Å²) in [5.74, 6) is 0. The number of methoxy groups -OCH3 is 2. The second-order valence-corrected chi connectivity index (χ2v) is 3.77. The van der Waals surface area contributed by atoms with Crippen molar-refractivity contribution in [3.8, 4) is 0 Å². The lowest BCUT2D eigenvalue weighted by Gasteiger charge is -2.22. The second-order valence-electron chi connectivity index (χ2n) is 3.77. The molecule has 12 heavy (non-hydrogen) atoms. The number of hydrogen-bond donors (Lipinski definition) is 0. The van der Waals surface area contributed by atoms with Gasteiger partial charge in [-0.1, -0.05) is 12.8 Å². The summed E-state index contributed by atoms with van der Waals surface area (Å²) < 4.78 is 10.3. The molecule has 0 aliphatic carbocycles. The molecule has 2 heteroatoms. The van der Waals surface area contributed by atoms with E-state index in [2.05, 4.69) is 13.8 Å². The molecule has 0 fully saturated rings. The van der Waals surface area contributed by atoms with E-state index in [0.717, 1.165) is 19.4 Å². The van der Waals surface area contributed by atoms with Crippen LogP contribution in [0, 0.1) is 0 Å². The van der Waals surface area contributed by atoms with Gasteiger partial charge in [0.1, 0.15) is 0 Å². The van der Waals surface area contributed by atoms with Crippen LogP contribution in [0.4, 0.5) is 0 Å². The molecule has 0 aliphatic heterocycles. The van der Waals surface area contributed by atoms with E-state index in [4.69, 9.17) is 9.47 Å². The molecular weight excluding hydrogens is 152 g/mol. The molecular formula is C10H22O2. The molecule has 0 aromatic rings. The molecule has 0 aromatic heterocycles. The first-order valence-corrected chi connectivity index (χ1v) is 4.66. The Bertz CT molecular complexity index is 100. The molecule has 0 N–H and O–H groups in total. The van der Waals surface area contributed by atoms with E-state index in [-0.39, 0.29) is 5.60 Å². The SMILES string of the molecule is COCCCCCC(C)(C)OC. The van der Waals surface area contributed by atoms with Gasteiger partial charge in [0.25, 0.3) is 0 Å². The maximum atomic E-state index is 5.31. The van der Waals surface area contributed by atoms with E-state index in [0.29, 0.717) is 0 Å². The van der Waals surface area contributed by atoms with Gasteiger partial charge in [-0.25, -0.2) is 0 Å². The van der Waals surface area contributed by atoms with Crippen molar-refractivity contribution in [2.45, 2.75) is 45.1 Å². The summed E-state index contributed by atoms with van der Waals surface area (Å²) in [4.78, 5) is 0. The van der Waals surface area contributed by atoms with Crippen molar-refractivity contribution in [2.24, 2.45) is 0 Å². The lowest BCUT2D eigenvalue weighted by Crippen LogP contribution is -2.21. The van der Waals surface area contributed by atoms with Crippen LogP contribution in [0.15, 0.2) is 0 Å². The summed E-state index contributed by atoms with van der Waals surface area (Å²) in [6, 6.07) is 0. The van der Waals surface area contributed by atoms with Crippen LogP contribution in [0.1, 0.15) is 39.5 Å². The van der Waals surface area contributed by atoms with E-state index < -0.39 is 0 Å². The molecule has 0 atom stereocenters. The van der Waals surface area contributed by atoms with E-state index in [1.165, 1.54) is 12.8 Å². The van der Waals surface area contributed by atoms with Crippen LogP contribution >= 0.6 is 0 Å². The highest BCUT2D eigenvalue weighted by molar-refractivity contribution is 4.66. The Hall–Kier alpha value is -0.0800. The summed E-state index contributed by atoms with van der Waals surface area (Å²) in [7, 11) is 3.52. The van der Waals surface area contributed by atoms with Crippen molar-refractivity contribution in [3.63, 3.8) is 0 Å². The van der Waals surface area contributed by atoms with Crippen molar-refractivity contribution in [1.82, 2.24) is 0 Å². The maximum absolute atomic E-state index is 5.31. The van der Waals surface area contributed by atoms with Gasteiger partial charge in [0.05, 0.1) is 5.60 Å². The average molecular weight is 174 g/mol. The first-order chi connectivity index (χ1) is 5.62. The van der Waals surface area contributed by atoms with E-state index in [1.807, 2.05) is 0 Å². The molecule has 0 aromatic carbocycles. The zero-order valence-electron chi connectivity index (χ0n) is 8.85. The minimum atomic E-state index is 0.0487. The van der Waals surface area contributed by atoms with Gasteiger partial charge < -0.3 is 9.47 Å². The highest BCUT2D eigenvalue weighted by atomic mass is 16.5. The molecule has 0 amide bonds. The lowest BCUT2D eigenvalue weighted by atomic mass is 10.0. The number of hydrogen-bond acceptors (Lipinski definition) is 2. The summed E-state index contributed by atoms with van der Waals surface area (Å²) in [5, 5.41) is 0. The Morgan fingerprint density at radius 3 is 2.17 bits per heavy atom. The highest BCUT2D eigenvalue weighted by Gasteiger charge is 2.14. The average Bonchev–Trinajstić information content (AvgIpc) is 2.04. The van der Waals surface area contributed by atoms with Crippen molar-refractivity contribution in [2.75, 3.05) is 20.8 Å². The normalized spacial score (nSPS) is 12.0.